The maximum absolute atomic E-state index is 12.3. The van der Waals surface area contributed by atoms with Gasteiger partial charge in [-0.3, -0.25) is 4.79 Å². The Kier molecular flexibility index (Phi) is 3.41. The summed E-state index contributed by atoms with van der Waals surface area (Å²) >= 11 is 0. The normalized spacial score (nSPS) is 26.4. The molecule has 2 aromatic rings. The van der Waals surface area contributed by atoms with Gasteiger partial charge in [0.1, 0.15) is 24.2 Å². The quantitative estimate of drug-likeness (QED) is 0.908. The van der Waals surface area contributed by atoms with Crippen molar-refractivity contribution in [2.75, 3.05) is 24.5 Å². The topological polar surface area (TPSA) is 88.9 Å². The van der Waals surface area contributed by atoms with Crippen molar-refractivity contribution in [1.82, 2.24) is 19.9 Å². The second kappa shape index (κ2) is 5.48. The van der Waals surface area contributed by atoms with E-state index >= 15 is 0 Å². The van der Waals surface area contributed by atoms with E-state index < -0.39 is 0 Å². The average molecular weight is 324 g/mol. The zero-order valence-electron chi connectivity index (χ0n) is 13.7. The van der Waals surface area contributed by atoms with Gasteiger partial charge in [0.15, 0.2) is 0 Å². The second-order valence-electron chi connectivity index (χ2n) is 6.81. The van der Waals surface area contributed by atoms with Crippen molar-refractivity contribution >= 4 is 22.8 Å². The number of likely N-dealkylation sites (tertiary alicyclic amines) is 1. The first-order valence-corrected chi connectivity index (χ1v) is 8.36. The number of aromatic amines is 1. The van der Waals surface area contributed by atoms with E-state index in [2.05, 4.69) is 26.8 Å². The fourth-order valence-corrected chi connectivity index (χ4v) is 4.27. The number of nitrogens with one attached hydrogen (secondary N) is 1. The van der Waals surface area contributed by atoms with Gasteiger partial charge in [0.05, 0.1) is 17.0 Å². The number of nitrogens with zero attached hydrogens (tertiary/aromatic N) is 5. The number of carbonyl (C=O) groups excluding carboxylic acids is 1. The first-order chi connectivity index (χ1) is 11.7. The number of amides is 1. The van der Waals surface area contributed by atoms with Crippen LogP contribution >= 0.6 is 0 Å². The van der Waals surface area contributed by atoms with Crippen molar-refractivity contribution < 1.29 is 4.79 Å². The van der Waals surface area contributed by atoms with E-state index in [-0.39, 0.29) is 17.9 Å². The van der Waals surface area contributed by atoms with Crippen molar-refractivity contribution in [2.24, 2.45) is 5.92 Å². The molecule has 0 bridgehead atoms. The molecule has 4 heterocycles. The lowest BCUT2D eigenvalue weighted by Gasteiger charge is -2.61. The molecular formula is C17H20N6O. The molecule has 124 valence electrons. The number of rotatable bonds is 2. The summed E-state index contributed by atoms with van der Waals surface area (Å²) < 4.78 is 0. The van der Waals surface area contributed by atoms with Gasteiger partial charge in [-0.15, -0.1) is 0 Å². The Bertz CT molecular complexity index is 824. The fourth-order valence-electron chi connectivity index (χ4n) is 4.27. The summed E-state index contributed by atoms with van der Waals surface area (Å²) in [4.78, 5) is 28.4. The highest BCUT2D eigenvalue weighted by Crippen LogP contribution is 2.44. The lowest BCUT2D eigenvalue weighted by Crippen LogP contribution is -2.73. The molecule has 2 fully saturated rings. The summed E-state index contributed by atoms with van der Waals surface area (Å²) in [7, 11) is 0. The van der Waals surface area contributed by atoms with Gasteiger partial charge >= 0.3 is 0 Å². The van der Waals surface area contributed by atoms with Crippen LogP contribution in [-0.4, -0.2) is 50.9 Å². The van der Waals surface area contributed by atoms with Gasteiger partial charge < -0.3 is 14.8 Å². The second-order valence-corrected chi connectivity index (χ2v) is 6.81. The van der Waals surface area contributed by atoms with Gasteiger partial charge in [-0.25, -0.2) is 9.97 Å². The number of fused-ring (bicyclic) bond motifs is 1. The predicted molar refractivity (Wildman–Crippen MR) is 89.2 cm³/mol. The minimum absolute atomic E-state index is 0.0377. The van der Waals surface area contributed by atoms with E-state index in [4.69, 9.17) is 5.26 Å². The molecule has 24 heavy (non-hydrogen) atoms. The summed E-state index contributed by atoms with van der Waals surface area (Å²) in [6.07, 6.45) is 5.42. The third-order valence-electron chi connectivity index (χ3n) is 5.58. The van der Waals surface area contributed by atoms with E-state index in [1.165, 1.54) is 0 Å². The van der Waals surface area contributed by atoms with Crippen molar-refractivity contribution in [1.29, 1.82) is 5.26 Å². The average Bonchev–Trinajstić information content (AvgIpc) is 3.08. The summed E-state index contributed by atoms with van der Waals surface area (Å²) in [5.74, 6) is 1.31. The minimum atomic E-state index is -0.167. The molecule has 2 atom stereocenters. The number of piperidine rings is 1. The van der Waals surface area contributed by atoms with E-state index in [0.717, 1.165) is 49.3 Å². The number of nitriles is 1. The molecule has 1 amide bonds. The summed E-state index contributed by atoms with van der Waals surface area (Å²) in [5, 5.41) is 9.86. The molecule has 4 rings (SSSR count). The number of hydrogen-bond acceptors (Lipinski definition) is 5. The molecule has 7 heteroatoms. The van der Waals surface area contributed by atoms with Crippen molar-refractivity contribution in [3.05, 3.63) is 18.6 Å². The molecule has 2 aliphatic heterocycles. The van der Waals surface area contributed by atoms with Gasteiger partial charge in [-0.1, -0.05) is 6.92 Å². The monoisotopic (exact) mass is 324 g/mol. The molecule has 2 aliphatic rings. The highest BCUT2D eigenvalue weighted by atomic mass is 16.2. The van der Waals surface area contributed by atoms with Crippen LogP contribution in [0.15, 0.2) is 18.6 Å². The Morgan fingerprint density at radius 1 is 1.54 bits per heavy atom. The van der Waals surface area contributed by atoms with Crippen LogP contribution in [0.2, 0.25) is 0 Å². The van der Waals surface area contributed by atoms with Gasteiger partial charge in [0.2, 0.25) is 5.91 Å². The highest BCUT2D eigenvalue weighted by molar-refractivity contribution is 5.87. The van der Waals surface area contributed by atoms with Crippen LogP contribution < -0.4 is 4.90 Å². The predicted octanol–water partition coefficient (Wildman–Crippen LogP) is 1.69. The van der Waals surface area contributed by atoms with Gasteiger partial charge in [-0.05, 0) is 24.8 Å². The maximum atomic E-state index is 12.3. The van der Waals surface area contributed by atoms with Crippen LogP contribution in [-0.2, 0) is 4.79 Å². The summed E-state index contributed by atoms with van der Waals surface area (Å²) in [5.41, 5.74) is 0.665. The molecule has 1 N–H and O–H groups in total. The Hall–Kier alpha value is -2.62. The molecule has 1 spiro atoms. The van der Waals surface area contributed by atoms with Crippen molar-refractivity contribution in [2.45, 2.75) is 31.7 Å². The van der Waals surface area contributed by atoms with Crippen LogP contribution in [0.1, 0.15) is 26.2 Å². The number of H-pyrrole nitrogens is 1. The van der Waals surface area contributed by atoms with Crippen molar-refractivity contribution in [3.63, 3.8) is 0 Å². The lowest BCUT2D eigenvalue weighted by molar-refractivity contribution is -0.156. The molecular weight excluding hydrogens is 304 g/mol. The summed E-state index contributed by atoms with van der Waals surface area (Å²) in [6.45, 7) is 4.64. The number of aromatic nitrogens is 3. The molecule has 0 unspecified atom stereocenters. The van der Waals surface area contributed by atoms with Gasteiger partial charge in [0, 0.05) is 25.8 Å². The lowest BCUT2D eigenvalue weighted by atomic mass is 9.69. The van der Waals surface area contributed by atoms with E-state index in [1.807, 2.05) is 23.2 Å². The van der Waals surface area contributed by atoms with Gasteiger partial charge in [-0.2, -0.15) is 5.26 Å². The first-order valence-electron chi connectivity index (χ1n) is 8.36. The minimum Gasteiger partial charge on any atom is -0.354 e. The highest BCUT2D eigenvalue weighted by Gasteiger charge is 2.54. The maximum Gasteiger partial charge on any atom is 0.237 e. The third kappa shape index (κ3) is 2.06. The zero-order chi connectivity index (χ0) is 16.7. The standard InChI is InChI=1S/C17H20N6O/c1-12-9-23(14(24)3-6-18)17(12)5-2-8-22(10-17)16-13-4-7-19-15(13)20-11-21-16/h4,7,11-12H,2-3,5,8-10H2,1H3,(H,19,20,21)/t12-,17-/m1/s1. The zero-order valence-corrected chi connectivity index (χ0v) is 13.7. The molecule has 2 saturated heterocycles. The van der Waals surface area contributed by atoms with Crippen LogP contribution in [0.4, 0.5) is 5.82 Å². The Balaban J connectivity index is 1.65. The van der Waals surface area contributed by atoms with E-state index in [0.29, 0.717) is 5.92 Å². The molecule has 0 aromatic carbocycles. The third-order valence-corrected chi connectivity index (χ3v) is 5.58. The first kappa shape index (κ1) is 14.9. The van der Waals surface area contributed by atoms with Crippen molar-refractivity contribution in [3.8, 4) is 6.07 Å². The molecule has 7 nitrogen and oxygen atoms in total. The molecule has 0 saturated carbocycles. The molecule has 0 radical (unpaired) electrons. The van der Waals surface area contributed by atoms with Crippen LogP contribution in [0.25, 0.3) is 11.0 Å². The number of anilines is 1. The number of hydrogen-bond donors (Lipinski definition) is 1. The SMILES string of the molecule is C[C@@H]1CN(C(=O)CC#N)[C@@]12CCCN(c1ncnc3[nH]ccc13)C2. The number of carbonyl (C=O) groups is 1. The molecule has 2 aromatic heterocycles. The largest absolute Gasteiger partial charge is 0.354 e. The Morgan fingerprint density at radius 3 is 3.21 bits per heavy atom. The smallest absolute Gasteiger partial charge is 0.237 e. The Morgan fingerprint density at radius 2 is 2.42 bits per heavy atom. The Labute approximate surface area is 140 Å². The van der Waals surface area contributed by atoms with Crippen LogP contribution in [0, 0.1) is 17.2 Å². The van der Waals surface area contributed by atoms with E-state index in [9.17, 15) is 4.79 Å². The van der Waals surface area contributed by atoms with Crippen LogP contribution in [0.5, 0.6) is 0 Å². The summed E-state index contributed by atoms with van der Waals surface area (Å²) in [6, 6.07) is 3.98. The van der Waals surface area contributed by atoms with Gasteiger partial charge in [0.25, 0.3) is 0 Å². The fraction of sp³-hybridized carbons (Fsp3) is 0.529. The van der Waals surface area contributed by atoms with Crippen LogP contribution in [0.3, 0.4) is 0 Å². The molecule has 0 aliphatic carbocycles. The van der Waals surface area contributed by atoms with E-state index in [1.54, 1.807) is 6.33 Å².